The Hall–Kier alpha value is -4.96. The van der Waals surface area contributed by atoms with E-state index in [0.29, 0.717) is 0 Å². The van der Waals surface area contributed by atoms with Crippen LogP contribution < -0.4 is 9.13 Å². The maximum atomic E-state index is 2.29. The zero-order valence-electron chi connectivity index (χ0n) is 20.6. The summed E-state index contributed by atoms with van der Waals surface area (Å²) in [6.45, 7) is 2.17. The number of para-hydroxylation sites is 6. The molecule has 0 aliphatic rings. The normalized spacial score (nSPS) is 11.4. The van der Waals surface area contributed by atoms with Crippen LogP contribution in [0.4, 0.5) is 0 Å². The van der Waals surface area contributed by atoms with Crippen molar-refractivity contribution in [2.45, 2.75) is 6.92 Å². The number of fused-ring (bicyclic) bond motifs is 2. The molecule has 0 saturated carbocycles. The topological polar surface area (TPSA) is 17.6 Å². The lowest BCUT2D eigenvalue weighted by atomic mass is 10.1. The van der Waals surface area contributed by atoms with Crippen LogP contribution in [0.1, 0.15) is 5.56 Å². The summed E-state index contributed by atoms with van der Waals surface area (Å²) in [5.74, 6) is 0. The number of nitrogens with zero attached hydrogens (tertiary/aromatic N) is 4. The van der Waals surface area contributed by atoms with E-state index in [0.717, 1.165) is 22.7 Å². The Morgan fingerprint density at radius 1 is 0.459 bits per heavy atom. The van der Waals surface area contributed by atoms with Gasteiger partial charge in [0.15, 0.2) is 22.1 Å². The summed E-state index contributed by atoms with van der Waals surface area (Å²) < 4.78 is 9.09. The van der Waals surface area contributed by atoms with Crippen molar-refractivity contribution in [2.75, 3.05) is 0 Å². The van der Waals surface area contributed by atoms with Crippen molar-refractivity contribution < 1.29 is 9.13 Å². The molecule has 176 valence electrons. The SMILES string of the molecule is Cc1cc(-n2c[n+](-c3ccccc3)c3ccccc32)cc(-n2c[n+](-c3ccccc3)c3ccccc32)c1. The third kappa shape index (κ3) is 3.62. The molecule has 2 heterocycles. The number of rotatable bonds is 4. The second-order valence-electron chi connectivity index (χ2n) is 9.39. The van der Waals surface area contributed by atoms with Gasteiger partial charge < -0.3 is 0 Å². The van der Waals surface area contributed by atoms with Gasteiger partial charge in [0.05, 0.1) is 0 Å². The summed E-state index contributed by atoms with van der Waals surface area (Å²) in [5.41, 5.74) is 10.4. The molecule has 7 rings (SSSR count). The quantitative estimate of drug-likeness (QED) is 0.259. The number of hydrogen-bond donors (Lipinski definition) is 0. The van der Waals surface area contributed by atoms with Crippen molar-refractivity contribution in [3.63, 3.8) is 0 Å². The Labute approximate surface area is 215 Å². The maximum absolute atomic E-state index is 2.29. The van der Waals surface area contributed by atoms with Crippen molar-refractivity contribution in [2.24, 2.45) is 0 Å². The van der Waals surface area contributed by atoms with Crippen LogP contribution in [0.2, 0.25) is 0 Å². The van der Waals surface area contributed by atoms with E-state index in [1.165, 1.54) is 27.6 Å². The molecule has 0 aliphatic heterocycles. The van der Waals surface area contributed by atoms with E-state index in [1.54, 1.807) is 0 Å². The summed E-state index contributed by atoms with van der Waals surface area (Å²) >= 11 is 0. The average Bonchev–Trinajstić information content (AvgIpc) is 3.53. The molecule has 0 amide bonds. The molecule has 0 spiro atoms. The fourth-order valence-corrected chi connectivity index (χ4v) is 5.24. The molecule has 0 aliphatic carbocycles. The molecule has 37 heavy (non-hydrogen) atoms. The molecule has 0 saturated heterocycles. The Morgan fingerprint density at radius 3 is 1.32 bits per heavy atom. The molecule has 0 radical (unpaired) electrons. The zero-order valence-corrected chi connectivity index (χ0v) is 20.6. The molecule has 4 heteroatoms. The van der Waals surface area contributed by atoms with Crippen LogP contribution in [0.3, 0.4) is 0 Å². The van der Waals surface area contributed by atoms with E-state index >= 15 is 0 Å². The minimum absolute atomic E-state index is 1.13. The zero-order chi connectivity index (χ0) is 24.8. The Balaban J connectivity index is 1.44. The molecule has 4 nitrogen and oxygen atoms in total. The first kappa shape index (κ1) is 21.3. The van der Waals surface area contributed by atoms with Gasteiger partial charge in [-0.25, -0.2) is 0 Å². The predicted octanol–water partition coefficient (Wildman–Crippen LogP) is 6.44. The van der Waals surface area contributed by atoms with Crippen LogP contribution >= 0.6 is 0 Å². The van der Waals surface area contributed by atoms with Crippen molar-refractivity contribution >= 4 is 22.1 Å². The fourth-order valence-electron chi connectivity index (χ4n) is 5.24. The second kappa shape index (κ2) is 8.61. The van der Waals surface area contributed by atoms with Crippen molar-refractivity contribution in [1.29, 1.82) is 0 Å². The van der Waals surface area contributed by atoms with Crippen LogP contribution in [0, 0.1) is 6.92 Å². The first-order valence-corrected chi connectivity index (χ1v) is 12.5. The number of benzene rings is 5. The summed E-state index contributed by atoms with van der Waals surface area (Å²) in [5, 5.41) is 0. The van der Waals surface area contributed by atoms with Crippen LogP contribution in [0.5, 0.6) is 0 Å². The third-order valence-electron chi connectivity index (χ3n) is 6.94. The van der Waals surface area contributed by atoms with Gasteiger partial charge in [0, 0.05) is 6.07 Å². The molecule has 5 aromatic carbocycles. The van der Waals surface area contributed by atoms with E-state index in [4.69, 9.17) is 0 Å². The van der Waals surface area contributed by atoms with Gasteiger partial charge in [-0.15, -0.1) is 0 Å². The standard InChI is InChI=1S/C33H26N4/c1-25-20-28(36-23-34(26-12-4-2-5-13-26)30-16-8-10-18-32(30)36)22-29(21-25)37-24-35(27-14-6-3-7-15-27)31-17-9-11-19-33(31)37/h2-24H,1H3/q+2. The monoisotopic (exact) mass is 478 g/mol. The first-order chi connectivity index (χ1) is 18.3. The first-order valence-electron chi connectivity index (χ1n) is 12.5. The van der Waals surface area contributed by atoms with Crippen LogP contribution in [-0.4, -0.2) is 9.13 Å². The van der Waals surface area contributed by atoms with Crippen LogP contribution in [0.15, 0.2) is 140 Å². The van der Waals surface area contributed by atoms with Crippen molar-refractivity contribution in [3.8, 4) is 22.7 Å². The molecular weight excluding hydrogens is 452 g/mol. The second-order valence-corrected chi connectivity index (χ2v) is 9.39. The molecule has 0 atom stereocenters. The molecule has 0 unspecified atom stereocenters. The summed E-state index contributed by atoms with van der Waals surface area (Å²) in [7, 11) is 0. The molecular formula is C33H26N4+2. The Kier molecular flexibility index (Phi) is 4.96. The average molecular weight is 479 g/mol. The highest BCUT2D eigenvalue weighted by Gasteiger charge is 2.22. The third-order valence-corrected chi connectivity index (χ3v) is 6.94. The van der Waals surface area contributed by atoms with Gasteiger partial charge in [-0.1, -0.05) is 60.7 Å². The van der Waals surface area contributed by atoms with Gasteiger partial charge in [0.2, 0.25) is 0 Å². The highest BCUT2D eigenvalue weighted by atomic mass is 15.2. The fraction of sp³-hybridized carbons (Fsp3) is 0.0303. The summed E-state index contributed by atoms with van der Waals surface area (Å²) in [6.07, 6.45) is 4.38. The highest BCUT2D eigenvalue weighted by molar-refractivity contribution is 5.77. The lowest BCUT2D eigenvalue weighted by molar-refractivity contribution is -0.568. The minimum atomic E-state index is 1.13. The molecule has 2 aromatic heterocycles. The van der Waals surface area contributed by atoms with E-state index in [2.05, 4.69) is 165 Å². The highest BCUT2D eigenvalue weighted by Crippen LogP contribution is 2.25. The van der Waals surface area contributed by atoms with Crippen molar-refractivity contribution in [1.82, 2.24) is 9.13 Å². The van der Waals surface area contributed by atoms with E-state index in [9.17, 15) is 0 Å². The number of imidazole rings is 2. The van der Waals surface area contributed by atoms with Gasteiger partial charge in [-0.3, -0.25) is 0 Å². The molecule has 7 aromatic rings. The van der Waals surface area contributed by atoms with Gasteiger partial charge in [-0.2, -0.15) is 18.3 Å². The van der Waals surface area contributed by atoms with Crippen molar-refractivity contribution in [3.05, 3.63) is 146 Å². The van der Waals surface area contributed by atoms with E-state index < -0.39 is 0 Å². The van der Waals surface area contributed by atoms with Gasteiger partial charge in [-0.05, 0) is 73.2 Å². The Morgan fingerprint density at radius 2 is 0.865 bits per heavy atom. The molecule has 0 N–H and O–H groups in total. The number of aryl methyl sites for hydroxylation is 1. The predicted molar refractivity (Wildman–Crippen MR) is 148 cm³/mol. The van der Waals surface area contributed by atoms with Gasteiger partial charge in [0.1, 0.15) is 22.7 Å². The Bertz CT molecular complexity index is 1740. The number of hydrogen-bond acceptors (Lipinski definition) is 0. The van der Waals surface area contributed by atoms with E-state index in [1.807, 2.05) is 0 Å². The largest absolute Gasteiger partial charge is 0.255 e. The molecule has 0 fully saturated rings. The smallest absolute Gasteiger partial charge is 0.195 e. The van der Waals surface area contributed by atoms with Crippen LogP contribution in [0.25, 0.3) is 44.8 Å². The lowest BCUT2D eigenvalue weighted by Crippen LogP contribution is -2.28. The van der Waals surface area contributed by atoms with Crippen LogP contribution in [-0.2, 0) is 0 Å². The van der Waals surface area contributed by atoms with E-state index in [-0.39, 0.29) is 0 Å². The minimum Gasteiger partial charge on any atom is -0.195 e. The summed E-state index contributed by atoms with van der Waals surface area (Å²) in [4.78, 5) is 0. The maximum Gasteiger partial charge on any atom is 0.255 e. The van der Waals surface area contributed by atoms with Gasteiger partial charge in [0.25, 0.3) is 12.7 Å². The van der Waals surface area contributed by atoms with Gasteiger partial charge >= 0.3 is 0 Å². The number of aromatic nitrogens is 4. The lowest BCUT2D eigenvalue weighted by Gasteiger charge is -2.04. The molecule has 0 bridgehead atoms. The summed E-state index contributed by atoms with van der Waals surface area (Å²) in [6, 6.07) is 44.9.